The van der Waals surface area contributed by atoms with Gasteiger partial charge in [0.2, 0.25) is 5.91 Å². The average Bonchev–Trinajstić information content (AvgIpc) is 2.23. The van der Waals surface area contributed by atoms with E-state index in [-0.39, 0.29) is 5.91 Å². The molecule has 0 aliphatic carbocycles. The first-order chi connectivity index (χ1) is 4.30. The maximum atomic E-state index is 10.4. The average molecular weight is 127 g/mol. The molecule has 1 amide bonds. The van der Waals surface area contributed by atoms with Crippen molar-refractivity contribution in [2.45, 2.75) is 13.8 Å². The first-order valence-corrected chi connectivity index (χ1v) is 3.22. The molecule has 0 fully saturated rings. The van der Waals surface area contributed by atoms with Crippen LogP contribution in [-0.2, 0) is 4.79 Å². The number of hydrogen-bond donors (Lipinski definition) is 0. The van der Waals surface area contributed by atoms with Crippen LogP contribution in [0.15, 0.2) is 12.2 Å². The van der Waals surface area contributed by atoms with Crippen LogP contribution >= 0.6 is 0 Å². The molecular formula is C7H13NO. The van der Waals surface area contributed by atoms with Gasteiger partial charge in [-0.15, -0.1) is 0 Å². The van der Waals surface area contributed by atoms with Gasteiger partial charge in [0, 0.05) is 19.7 Å². The molecular weight excluding hydrogens is 114 g/mol. The molecule has 0 bridgehead atoms. The summed E-state index contributed by atoms with van der Waals surface area (Å²) in [6.07, 6.45) is 3.43. The molecule has 0 unspecified atom stereocenters. The lowest BCUT2D eigenvalue weighted by atomic mass is 10.6. The molecule has 1 aliphatic heterocycles. The molecule has 0 saturated carbocycles. The van der Waals surface area contributed by atoms with Gasteiger partial charge in [0.25, 0.3) is 0 Å². The molecule has 1 aliphatic rings. The van der Waals surface area contributed by atoms with Crippen molar-refractivity contribution in [3.63, 3.8) is 0 Å². The summed E-state index contributed by atoms with van der Waals surface area (Å²) in [5.74, 6) is 0.111. The summed E-state index contributed by atoms with van der Waals surface area (Å²) in [5.41, 5.74) is 0. The zero-order valence-electron chi connectivity index (χ0n) is 6.22. The van der Waals surface area contributed by atoms with Crippen LogP contribution in [0.4, 0.5) is 0 Å². The molecule has 0 aromatic carbocycles. The van der Waals surface area contributed by atoms with E-state index in [0.717, 1.165) is 6.54 Å². The molecule has 0 radical (unpaired) electrons. The van der Waals surface area contributed by atoms with Crippen LogP contribution in [0, 0.1) is 0 Å². The zero-order chi connectivity index (χ0) is 7.28. The minimum absolute atomic E-state index is 0.111. The van der Waals surface area contributed by atoms with E-state index in [1.807, 2.05) is 19.9 Å². The summed E-state index contributed by atoms with van der Waals surface area (Å²) < 4.78 is 0. The number of carbonyl (C=O) groups is 1. The van der Waals surface area contributed by atoms with E-state index in [0.29, 0.717) is 0 Å². The minimum Gasteiger partial charge on any atom is -0.338 e. The zero-order valence-corrected chi connectivity index (χ0v) is 6.22. The van der Waals surface area contributed by atoms with E-state index < -0.39 is 0 Å². The van der Waals surface area contributed by atoms with Gasteiger partial charge in [-0.25, -0.2) is 0 Å². The lowest BCUT2D eigenvalue weighted by molar-refractivity contribution is -0.123. The van der Waals surface area contributed by atoms with Crippen molar-refractivity contribution < 1.29 is 4.79 Å². The number of hydrogen-bond acceptors (Lipinski definition) is 1. The first-order valence-electron chi connectivity index (χ1n) is 3.22. The largest absolute Gasteiger partial charge is 0.338 e. The molecule has 1 rings (SSSR count). The standard InChI is InChI=1S/C5H7NO.C2H6/c1-6-4-2-3-5(6)7;1-2/h2-3H,4H2,1H3;1-2H3. The van der Waals surface area contributed by atoms with Gasteiger partial charge in [-0.3, -0.25) is 4.79 Å². The number of likely N-dealkylation sites (N-methyl/N-ethyl adjacent to an activating group) is 1. The molecule has 0 aromatic rings. The lowest BCUT2D eigenvalue weighted by Crippen LogP contribution is -2.18. The molecule has 0 saturated heterocycles. The van der Waals surface area contributed by atoms with E-state index in [1.54, 1.807) is 18.0 Å². The highest BCUT2D eigenvalue weighted by Gasteiger charge is 2.06. The van der Waals surface area contributed by atoms with Crippen molar-refractivity contribution in [1.82, 2.24) is 4.90 Å². The summed E-state index contributed by atoms with van der Waals surface area (Å²) in [6, 6.07) is 0. The van der Waals surface area contributed by atoms with Crippen molar-refractivity contribution in [3.05, 3.63) is 12.2 Å². The highest BCUT2D eigenvalue weighted by Crippen LogP contribution is 1.94. The Morgan fingerprint density at radius 2 is 2.11 bits per heavy atom. The Labute approximate surface area is 56.2 Å². The molecule has 0 spiro atoms. The topological polar surface area (TPSA) is 20.3 Å². The maximum Gasteiger partial charge on any atom is 0.246 e. The van der Waals surface area contributed by atoms with Crippen molar-refractivity contribution in [2.24, 2.45) is 0 Å². The summed E-state index contributed by atoms with van der Waals surface area (Å²) in [7, 11) is 1.78. The Kier molecular flexibility index (Phi) is 3.76. The number of rotatable bonds is 0. The third kappa shape index (κ3) is 2.31. The van der Waals surface area contributed by atoms with Gasteiger partial charge >= 0.3 is 0 Å². The van der Waals surface area contributed by atoms with E-state index in [9.17, 15) is 4.79 Å². The quantitative estimate of drug-likeness (QED) is 0.476. The van der Waals surface area contributed by atoms with Crippen molar-refractivity contribution in [1.29, 1.82) is 0 Å². The van der Waals surface area contributed by atoms with Gasteiger partial charge in [0.05, 0.1) is 0 Å². The van der Waals surface area contributed by atoms with Crippen LogP contribution in [0.3, 0.4) is 0 Å². The summed E-state index contributed by atoms with van der Waals surface area (Å²) in [6.45, 7) is 4.78. The Balaban J connectivity index is 0.000000291. The van der Waals surface area contributed by atoms with Crippen LogP contribution in [-0.4, -0.2) is 24.4 Å². The second-order valence-electron chi connectivity index (χ2n) is 1.62. The van der Waals surface area contributed by atoms with Crippen molar-refractivity contribution >= 4 is 5.91 Å². The van der Waals surface area contributed by atoms with Crippen LogP contribution in [0.25, 0.3) is 0 Å². The van der Waals surface area contributed by atoms with Crippen LogP contribution in [0.1, 0.15) is 13.8 Å². The molecule has 0 N–H and O–H groups in total. The van der Waals surface area contributed by atoms with Crippen molar-refractivity contribution in [2.75, 3.05) is 13.6 Å². The molecule has 9 heavy (non-hydrogen) atoms. The monoisotopic (exact) mass is 127 g/mol. The summed E-state index contributed by atoms with van der Waals surface area (Å²) in [4.78, 5) is 12.1. The maximum absolute atomic E-state index is 10.4. The first kappa shape index (κ1) is 8.21. The Morgan fingerprint density at radius 1 is 1.56 bits per heavy atom. The van der Waals surface area contributed by atoms with Crippen LogP contribution in [0.5, 0.6) is 0 Å². The number of carbonyl (C=O) groups excluding carboxylic acids is 1. The minimum atomic E-state index is 0.111. The van der Waals surface area contributed by atoms with Gasteiger partial charge in [0.15, 0.2) is 0 Å². The normalized spacial score (nSPS) is 15.4. The second kappa shape index (κ2) is 4.13. The Bertz CT molecular complexity index is 118. The van der Waals surface area contributed by atoms with E-state index in [1.165, 1.54) is 0 Å². The number of nitrogens with zero attached hydrogens (tertiary/aromatic N) is 1. The fourth-order valence-corrected chi connectivity index (χ4v) is 0.529. The SMILES string of the molecule is CC.CN1CC=CC1=O. The fraction of sp³-hybridized carbons (Fsp3) is 0.571. The van der Waals surface area contributed by atoms with E-state index in [4.69, 9.17) is 0 Å². The second-order valence-corrected chi connectivity index (χ2v) is 1.62. The molecule has 52 valence electrons. The Morgan fingerprint density at radius 3 is 2.22 bits per heavy atom. The third-order valence-electron chi connectivity index (χ3n) is 1.02. The molecule has 2 heteroatoms. The van der Waals surface area contributed by atoms with E-state index in [2.05, 4.69) is 0 Å². The predicted molar refractivity (Wildman–Crippen MR) is 38.1 cm³/mol. The van der Waals surface area contributed by atoms with Gasteiger partial charge in [0.1, 0.15) is 0 Å². The fourth-order valence-electron chi connectivity index (χ4n) is 0.529. The predicted octanol–water partition coefficient (Wildman–Crippen LogP) is 1.04. The third-order valence-corrected chi connectivity index (χ3v) is 1.02. The van der Waals surface area contributed by atoms with Crippen LogP contribution in [0.2, 0.25) is 0 Å². The molecule has 1 heterocycles. The lowest BCUT2D eigenvalue weighted by Gasteiger charge is -2.03. The molecule has 0 atom stereocenters. The van der Waals surface area contributed by atoms with E-state index >= 15 is 0 Å². The summed E-state index contributed by atoms with van der Waals surface area (Å²) in [5, 5.41) is 0. The van der Waals surface area contributed by atoms with Gasteiger partial charge in [-0.1, -0.05) is 19.9 Å². The van der Waals surface area contributed by atoms with Gasteiger partial charge < -0.3 is 4.90 Å². The highest BCUT2D eigenvalue weighted by molar-refractivity contribution is 5.89. The van der Waals surface area contributed by atoms with Gasteiger partial charge in [-0.2, -0.15) is 0 Å². The number of amides is 1. The van der Waals surface area contributed by atoms with Gasteiger partial charge in [-0.05, 0) is 0 Å². The molecule has 2 nitrogen and oxygen atoms in total. The van der Waals surface area contributed by atoms with Crippen molar-refractivity contribution in [3.8, 4) is 0 Å². The molecule has 0 aromatic heterocycles. The Hall–Kier alpha value is -0.790. The highest BCUT2D eigenvalue weighted by atomic mass is 16.2. The smallest absolute Gasteiger partial charge is 0.246 e. The van der Waals surface area contributed by atoms with Crippen LogP contribution < -0.4 is 0 Å². The summed E-state index contributed by atoms with van der Waals surface area (Å²) >= 11 is 0.